The predicted molar refractivity (Wildman–Crippen MR) is 124 cm³/mol. The van der Waals surface area contributed by atoms with E-state index in [0.717, 1.165) is 11.3 Å². The third-order valence-corrected chi connectivity index (χ3v) is 4.78. The average molecular weight is 460 g/mol. The standard InChI is InChI=1S/C25H20N2O7/c1-2-6-17-7-3-4-8-21(17)32-13-14-33-22-11-10-19(27(29)30)15-18(22)16-20-25(28)34-24(26-20)23-9-5-12-31-23/h2-5,7-12,15-16H,1,6,13-14H2/b20-16+. The van der Waals surface area contributed by atoms with E-state index in [4.69, 9.17) is 18.6 Å². The lowest BCUT2D eigenvalue weighted by Gasteiger charge is -2.12. The van der Waals surface area contributed by atoms with E-state index in [2.05, 4.69) is 11.6 Å². The highest BCUT2D eigenvalue weighted by atomic mass is 16.6. The molecule has 0 aliphatic carbocycles. The number of nitrogens with zero attached hydrogens (tertiary/aromatic N) is 2. The summed E-state index contributed by atoms with van der Waals surface area (Å²) in [6, 6.07) is 14.9. The molecular weight excluding hydrogens is 440 g/mol. The van der Waals surface area contributed by atoms with E-state index in [9.17, 15) is 14.9 Å². The van der Waals surface area contributed by atoms with Gasteiger partial charge in [-0.3, -0.25) is 10.1 Å². The first kappa shape index (κ1) is 22.5. The minimum atomic E-state index is -0.703. The van der Waals surface area contributed by atoms with Crippen LogP contribution in [0.15, 0.2) is 88.6 Å². The fraction of sp³-hybridized carbons (Fsp3) is 0.120. The zero-order valence-corrected chi connectivity index (χ0v) is 18.0. The number of para-hydroxylation sites is 1. The molecule has 0 atom stereocenters. The molecule has 9 heteroatoms. The van der Waals surface area contributed by atoms with Crippen LogP contribution in [-0.4, -0.2) is 30.0 Å². The summed E-state index contributed by atoms with van der Waals surface area (Å²) >= 11 is 0. The van der Waals surface area contributed by atoms with Gasteiger partial charge in [0.05, 0.1) is 11.2 Å². The normalized spacial score (nSPS) is 13.9. The molecule has 3 aromatic rings. The first-order valence-corrected chi connectivity index (χ1v) is 10.3. The van der Waals surface area contributed by atoms with E-state index in [0.29, 0.717) is 23.5 Å². The number of carbonyl (C=O) groups is 1. The van der Waals surface area contributed by atoms with Crippen LogP contribution in [0.25, 0.3) is 6.08 Å². The maximum absolute atomic E-state index is 12.3. The summed E-state index contributed by atoms with van der Waals surface area (Å²) in [5.74, 6) is 0.661. The van der Waals surface area contributed by atoms with Gasteiger partial charge in [-0.05, 0) is 42.3 Å². The molecule has 0 radical (unpaired) electrons. The topological polar surface area (TPSA) is 113 Å². The minimum absolute atomic E-state index is 0.0146. The molecule has 1 aromatic heterocycles. The molecule has 4 rings (SSSR count). The van der Waals surface area contributed by atoms with Crippen LogP contribution in [0.4, 0.5) is 5.69 Å². The molecule has 0 N–H and O–H groups in total. The van der Waals surface area contributed by atoms with Crippen LogP contribution in [0, 0.1) is 10.1 Å². The molecule has 1 aliphatic heterocycles. The Kier molecular flexibility index (Phi) is 6.83. The first-order chi connectivity index (χ1) is 16.5. The third kappa shape index (κ3) is 5.21. The van der Waals surface area contributed by atoms with Gasteiger partial charge in [0.1, 0.15) is 24.7 Å². The number of furan rings is 1. The number of aliphatic imine (C=N–C) groups is 1. The molecule has 9 nitrogen and oxygen atoms in total. The van der Waals surface area contributed by atoms with Crippen molar-refractivity contribution < 1.29 is 28.3 Å². The summed E-state index contributed by atoms with van der Waals surface area (Å²) in [7, 11) is 0. The van der Waals surface area contributed by atoms with Gasteiger partial charge in [0, 0.05) is 17.7 Å². The molecule has 34 heavy (non-hydrogen) atoms. The van der Waals surface area contributed by atoms with Crippen molar-refractivity contribution in [1.29, 1.82) is 0 Å². The Morgan fingerprint density at radius 3 is 2.59 bits per heavy atom. The van der Waals surface area contributed by atoms with Crippen molar-refractivity contribution in [3.05, 3.63) is 106 Å². The highest BCUT2D eigenvalue weighted by Gasteiger charge is 2.26. The molecule has 0 amide bonds. The van der Waals surface area contributed by atoms with E-state index in [1.165, 1.54) is 30.5 Å². The van der Waals surface area contributed by atoms with Crippen molar-refractivity contribution in [2.24, 2.45) is 4.99 Å². The minimum Gasteiger partial charge on any atom is -0.490 e. The second kappa shape index (κ2) is 10.3. The quantitative estimate of drug-likeness (QED) is 0.107. The number of allylic oxidation sites excluding steroid dienone is 1. The Labute approximate surface area is 194 Å². The van der Waals surface area contributed by atoms with Gasteiger partial charge < -0.3 is 18.6 Å². The van der Waals surface area contributed by atoms with Gasteiger partial charge in [0.25, 0.3) is 11.6 Å². The van der Waals surface area contributed by atoms with Crippen molar-refractivity contribution in [2.45, 2.75) is 6.42 Å². The van der Waals surface area contributed by atoms with Crippen LogP contribution in [0.1, 0.15) is 16.9 Å². The number of nitro benzene ring substituents is 1. The van der Waals surface area contributed by atoms with Crippen molar-refractivity contribution in [3.8, 4) is 11.5 Å². The summed E-state index contributed by atoms with van der Waals surface area (Å²) in [5.41, 5.74) is 1.11. The molecule has 0 bridgehead atoms. The molecule has 172 valence electrons. The largest absolute Gasteiger partial charge is 0.490 e. The molecule has 0 fully saturated rings. The number of benzene rings is 2. The van der Waals surface area contributed by atoms with Crippen molar-refractivity contribution >= 4 is 23.6 Å². The number of hydrogen-bond donors (Lipinski definition) is 0. The van der Waals surface area contributed by atoms with Gasteiger partial charge in [-0.2, -0.15) is 0 Å². The van der Waals surface area contributed by atoms with Crippen molar-refractivity contribution in [2.75, 3.05) is 13.2 Å². The number of esters is 1. The predicted octanol–water partition coefficient (Wildman–Crippen LogP) is 4.72. The Hall–Kier alpha value is -4.66. The number of carbonyl (C=O) groups excluding carboxylic acids is 1. The number of cyclic esters (lactones) is 1. The highest BCUT2D eigenvalue weighted by molar-refractivity contribution is 6.12. The summed E-state index contributed by atoms with van der Waals surface area (Å²) in [6.07, 6.45) is 5.27. The Morgan fingerprint density at radius 1 is 1.06 bits per heavy atom. The van der Waals surface area contributed by atoms with Crippen LogP contribution in [0.2, 0.25) is 0 Å². The zero-order valence-electron chi connectivity index (χ0n) is 18.0. The molecule has 2 aromatic carbocycles. The van der Waals surface area contributed by atoms with Crippen LogP contribution >= 0.6 is 0 Å². The summed E-state index contributed by atoms with van der Waals surface area (Å²) < 4.78 is 22.0. The first-order valence-electron chi connectivity index (χ1n) is 10.3. The number of ether oxygens (including phenoxy) is 3. The Morgan fingerprint density at radius 2 is 1.85 bits per heavy atom. The lowest BCUT2D eigenvalue weighted by atomic mass is 10.1. The van der Waals surface area contributed by atoms with Gasteiger partial charge in [-0.25, -0.2) is 9.79 Å². The van der Waals surface area contributed by atoms with E-state index in [1.54, 1.807) is 18.2 Å². The van der Waals surface area contributed by atoms with E-state index in [1.807, 2.05) is 24.3 Å². The van der Waals surface area contributed by atoms with E-state index in [-0.39, 0.29) is 30.5 Å². The van der Waals surface area contributed by atoms with Crippen LogP contribution in [0.3, 0.4) is 0 Å². The number of non-ortho nitro benzene ring substituents is 1. The second-order valence-electron chi connectivity index (χ2n) is 7.09. The smallest absolute Gasteiger partial charge is 0.363 e. The average Bonchev–Trinajstić information content (AvgIpc) is 3.49. The van der Waals surface area contributed by atoms with Gasteiger partial charge in [0.2, 0.25) is 0 Å². The summed E-state index contributed by atoms with van der Waals surface area (Å²) in [4.78, 5) is 27.1. The number of rotatable bonds is 10. The van der Waals surface area contributed by atoms with E-state index >= 15 is 0 Å². The monoisotopic (exact) mass is 460 g/mol. The highest BCUT2D eigenvalue weighted by Crippen LogP contribution is 2.29. The molecule has 2 heterocycles. The molecular formula is C25H20N2O7. The number of nitro groups is 1. The molecule has 0 spiro atoms. The fourth-order valence-electron chi connectivity index (χ4n) is 3.23. The van der Waals surface area contributed by atoms with E-state index < -0.39 is 10.9 Å². The van der Waals surface area contributed by atoms with Gasteiger partial charge in [-0.15, -0.1) is 6.58 Å². The Bertz CT molecular complexity index is 1280. The maximum atomic E-state index is 12.3. The summed E-state index contributed by atoms with van der Waals surface area (Å²) in [6.45, 7) is 4.16. The summed E-state index contributed by atoms with van der Waals surface area (Å²) in [5, 5.41) is 11.3. The molecule has 0 saturated heterocycles. The fourth-order valence-corrected chi connectivity index (χ4v) is 3.23. The van der Waals surface area contributed by atoms with Gasteiger partial charge >= 0.3 is 5.97 Å². The van der Waals surface area contributed by atoms with Crippen LogP contribution < -0.4 is 9.47 Å². The van der Waals surface area contributed by atoms with Gasteiger partial charge in [0.15, 0.2) is 11.5 Å². The lowest BCUT2D eigenvalue weighted by Crippen LogP contribution is -2.10. The molecule has 0 unspecified atom stereocenters. The molecule has 0 saturated carbocycles. The SMILES string of the molecule is C=CCc1ccccc1OCCOc1ccc([N+](=O)[O-])cc1/C=C1/N=C(c2ccco2)OC1=O. The van der Waals surface area contributed by atoms with Crippen LogP contribution in [0.5, 0.6) is 11.5 Å². The van der Waals surface area contributed by atoms with Crippen molar-refractivity contribution in [1.82, 2.24) is 0 Å². The lowest BCUT2D eigenvalue weighted by molar-refractivity contribution is -0.384. The third-order valence-electron chi connectivity index (χ3n) is 4.78. The van der Waals surface area contributed by atoms with Gasteiger partial charge in [-0.1, -0.05) is 24.3 Å². The Balaban J connectivity index is 1.51. The molecule has 1 aliphatic rings. The van der Waals surface area contributed by atoms with Crippen molar-refractivity contribution in [3.63, 3.8) is 0 Å². The van der Waals surface area contributed by atoms with Crippen LogP contribution in [-0.2, 0) is 16.0 Å². The maximum Gasteiger partial charge on any atom is 0.363 e. The second-order valence-corrected chi connectivity index (χ2v) is 7.09. The zero-order chi connectivity index (χ0) is 23.9. The number of hydrogen-bond acceptors (Lipinski definition) is 8.